The molecule has 0 bridgehead atoms. The average molecular weight is 252 g/mol. The Morgan fingerprint density at radius 3 is 2.25 bits per heavy atom. The Labute approximate surface area is 97.1 Å². The Bertz CT molecular complexity index is 326. The zero-order chi connectivity index (χ0) is 12.9. The van der Waals surface area contributed by atoms with Crippen molar-refractivity contribution in [3.63, 3.8) is 0 Å². The van der Waals surface area contributed by atoms with Gasteiger partial charge in [-0.05, 0) is 13.8 Å². The zero-order valence-electron chi connectivity index (χ0n) is 10.4. The maximum absolute atomic E-state index is 11.7. The van der Waals surface area contributed by atoms with Gasteiger partial charge in [0.05, 0.1) is 13.0 Å². The van der Waals surface area contributed by atoms with Crippen molar-refractivity contribution >= 4 is 16.2 Å². The molecule has 0 aliphatic heterocycles. The molecule has 16 heavy (non-hydrogen) atoms. The van der Waals surface area contributed by atoms with Gasteiger partial charge in [-0.3, -0.25) is 4.79 Å². The summed E-state index contributed by atoms with van der Waals surface area (Å²) in [5.41, 5.74) is 0. The molecule has 6 nitrogen and oxygen atoms in total. The molecule has 0 rings (SSSR count). The minimum Gasteiger partial charge on any atom is -0.469 e. The van der Waals surface area contributed by atoms with Crippen LogP contribution in [0.4, 0.5) is 0 Å². The first-order valence-corrected chi connectivity index (χ1v) is 6.46. The van der Waals surface area contributed by atoms with E-state index in [9.17, 15) is 13.2 Å². The van der Waals surface area contributed by atoms with Gasteiger partial charge < -0.3 is 4.74 Å². The van der Waals surface area contributed by atoms with Crippen LogP contribution in [-0.2, 0) is 19.7 Å². The highest BCUT2D eigenvalue weighted by atomic mass is 32.2. The van der Waals surface area contributed by atoms with Crippen LogP contribution in [0.3, 0.4) is 0 Å². The van der Waals surface area contributed by atoms with Crippen LogP contribution in [0.2, 0.25) is 0 Å². The minimum atomic E-state index is -3.52. The number of hydrogen-bond donors (Lipinski definition) is 1. The van der Waals surface area contributed by atoms with Crippen molar-refractivity contribution in [3.8, 4) is 0 Å². The van der Waals surface area contributed by atoms with Gasteiger partial charge in [-0.1, -0.05) is 6.92 Å². The summed E-state index contributed by atoms with van der Waals surface area (Å²) in [7, 11) is -0.823. The molecule has 7 heteroatoms. The number of carbonyl (C=O) groups excluding carboxylic acids is 1. The minimum absolute atomic E-state index is 0.0920. The van der Waals surface area contributed by atoms with Gasteiger partial charge in [-0.25, -0.2) is 0 Å². The van der Waals surface area contributed by atoms with E-state index in [1.807, 2.05) is 0 Å². The first-order valence-electron chi connectivity index (χ1n) is 5.02. The lowest BCUT2D eigenvalue weighted by Crippen LogP contribution is -2.44. The molecule has 0 aliphatic rings. The molecule has 0 aliphatic carbocycles. The fourth-order valence-corrected chi connectivity index (χ4v) is 2.34. The van der Waals surface area contributed by atoms with E-state index in [4.69, 9.17) is 0 Å². The van der Waals surface area contributed by atoms with E-state index in [1.54, 1.807) is 20.8 Å². The molecule has 0 radical (unpaired) electrons. The third-order valence-electron chi connectivity index (χ3n) is 1.93. The first-order chi connectivity index (χ1) is 7.20. The van der Waals surface area contributed by atoms with Gasteiger partial charge in [0.15, 0.2) is 0 Å². The smallest absolute Gasteiger partial charge is 0.309 e. The van der Waals surface area contributed by atoms with Crippen LogP contribution in [0.25, 0.3) is 0 Å². The van der Waals surface area contributed by atoms with Crippen molar-refractivity contribution in [2.75, 3.05) is 20.7 Å². The fourth-order valence-electron chi connectivity index (χ4n) is 1.15. The molecular weight excluding hydrogens is 232 g/mol. The molecule has 96 valence electrons. The predicted molar refractivity (Wildman–Crippen MR) is 61.0 cm³/mol. The number of hydrogen-bond acceptors (Lipinski definition) is 4. The maximum atomic E-state index is 11.7. The molecule has 0 heterocycles. The summed E-state index contributed by atoms with van der Waals surface area (Å²) in [6.07, 6.45) is 0. The number of ether oxygens (including phenoxy) is 1. The van der Waals surface area contributed by atoms with Crippen molar-refractivity contribution in [2.24, 2.45) is 5.92 Å². The van der Waals surface area contributed by atoms with Crippen molar-refractivity contribution < 1.29 is 17.9 Å². The third-order valence-corrected chi connectivity index (χ3v) is 3.67. The lowest BCUT2D eigenvalue weighted by molar-refractivity contribution is -0.144. The largest absolute Gasteiger partial charge is 0.469 e. The normalized spacial score (nSPS) is 14.2. The summed E-state index contributed by atoms with van der Waals surface area (Å²) in [6, 6.07) is -0.180. The lowest BCUT2D eigenvalue weighted by Gasteiger charge is -2.21. The summed E-state index contributed by atoms with van der Waals surface area (Å²) in [4.78, 5) is 11.1. The number of nitrogens with one attached hydrogen (secondary N) is 1. The van der Waals surface area contributed by atoms with Gasteiger partial charge in [-0.2, -0.15) is 17.4 Å². The quantitative estimate of drug-likeness (QED) is 0.674. The molecule has 0 aromatic carbocycles. The van der Waals surface area contributed by atoms with Crippen LogP contribution in [0.15, 0.2) is 0 Å². The summed E-state index contributed by atoms with van der Waals surface area (Å²) in [5, 5.41) is 0. The van der Waals surface area contributed by atoms with Crippen molar-refractivity contribution in [2.45, 2.75) is 26.8 Å². The second-order valence-electron chi connectivity index (χ2n) is 3.98. The van der Waals surface area contributed by atoms with Crippen molar-refractivity contribution in [1.82, 2.24) is 9.03 Å². The Hall–Kier alpha value is -0.660. The van der Waals surface area contributed by atoms with E-state index in [0.29, 0.717) is 0 Å². The topological polar surface area (TPSA) is 75.7 Å². The van der Waals surface area contributed by atoms with Gasteiger partial charge in [0.2, 0.25) is 0 Å². The number of carbonyl (C=O) groups is 1. The number of esters is 1. The Kier molecular flexibility index (Phi) is 5.91. The van der Waals surface area contributed by atoms with Crippen LogP contribution in [0, 0.1) is 5.92 Å². The van der Waals surface area contributed by atoms with E-state index < -0.39 is 22.1 Å². The standard InChI is InChI=1S/C9H20N2O4S/c1-7(2)10-16(13,14)11(4)6-8(3)9(12)15-5/h7-8,10H,6H2,1-5H3. The van der Waals surface area contributed by atoms with Gasteiger partial charge in [-0.15, -0.1) is 0 Å². The average Bonchev–Trinajstić information content (AvgIpc) is 2.14. The highest BCUT2D eigenvalue weighted by molar-refractivity contribution is 7.87. The summed E-state index contributed by atoms with van der Waals surface area (Å²) < 4.78 is 31.4. The van der Waals surface area contributed by atoms with Crippen molar-refractivity contribution in [1.29, 1.82) is 0 Å². The van der Waals surface area contributed by atoms with Crippen LogP contribution < -0.4 is 4.72 Å². The van der Waals surface area contributed by atoms with Crippen LogP contribution in [-0.4, -0.2) is 45.4 Å². The Balaban J connectivity index is 4.46. The molecule has 1 N–H and O–H groups in total. The molecule has 0 saturated carbocycles. The number of methoxy groups -OCH3 is 1. The first kappa shape index (κ1) is 15.3. The molecular formula is C9H20N2O4S. The SMILES string of the molecule is COC(=O)C(C)CN(C)S(=O)(=O)NC(C)C. The van der Waals surface area contributed by atoms with E-state index in [-0.39, 0.29) is 12.6 Å². The lowest BCUT2D eigenvalue weighted by atomic mass is 10.2. The highest BCUT2D eigenvalue weighted by Crippen LogP contribution is 2.04. The Morgan fingerprint density at radius 1 is 1.38 bits per heavy atom. The molecule has 1 atom stereocenters. The van der Waals surface area contributed by atoms with Gasteiger partial charge in [0.25, 0.3) is 10.2 Å². The third kappa shape index (κ3) is 4.91. The molecule has 0 amide bonds. The highest BCUT2D eigenvalue weighted by Gasteiger charge is 2.23. The van der Waals surface area contributed by atoms with E-state index >= 15 is 0 Å². The zero-order valence-corrected chi connectivity index (χ0v) is 11.2. The maximum Gasteiger partial charge on any atom is 0.309 e. The molecule has 0 aromatic heterocycles. The number of rotatable bonds is 6. The van der Waals surface area contributed by atoms with E-state index in [0.717, 1.165) is 4.31 Å². The molecule has 0 aromatic rings. The molecule has 0 saturated heterocycles. The van der Waals surface area contributed by atoms with Crippen LogP contribution in [0.1, 0.15) is 20.8 Å². The summed E-state index contributed by atoms with van der Waals surface area (Å²) in [6.45, 7) is 5.17. The molecule has 1 unspecified atom stereocenters. The van der Waals surface area contributed by atoms with Gasteiger partial charge >= 0.3 is 5.97 Å². The van der Waals surface area contributed by atoms with Gasteiger partial charge in [0, 0.05) is 19.6 Å². The number of nitrogens with zero attached hydrogens (tertiary/aromatic N) is 1. The second-order valence-corrected chi connectivity index (χ2v) is 5.79. The van der Waals surface area contributed by atoms with Crippen molar-refractivity contribution in [3.05, 3.63) is 0 Å². The van der Waals surface area contributed by atoms with Crippen LogP contribution in [0.5, 0.6) is 0 Å². The van der Waals surface area contributed by atoms with E-state index in [1.165, 1.54) is 14.2 Å². The molecule has 0 fully saturated rings. The fraction of sp³-hybridized carbons (Fsp3) is 0.889. The second kappa shape index (κ2) is 6.17. The summed E-state index contributed by atoms with van der Waals surface area (Å²) in [5.74, 6) is -0.912. The predicted octanol–water partition coefficient (Wildman–Crippen LogP) is -0.0299. The molecule has 0 spiro atoms. The monoisotopic (exact) mass is 252 g/mol. The van der Waals surface area contributed by atoms with Gasteiger partial charge in [0.1, 0.15) is 0 Å². The van der Waals surface area contributed by atoms with E-state index in [2.05, 4.69) is 9.46 Å². The summed E-state index contributed by atoms with van der Waals surface area (Å²) >= 11 is 0. The van der Waals surface area contributed by atoms with Crippen LogP contribution >= 0.6 is 0 Å². The Morgan fingerprint density at radius 2 is 1.88 bits per heavy atom.